The second kappa shape index (κ2) is 14.8. The summed E-state index contributed by atoms with van der Waals surface area (Å²) in [5.41, 5.74) is 3.20. The van der Waals surface area contributed by atoms with Crippen molar-refractivity contribution < 1.29 is 9.47 Å². The van der Waals surface area contributed by atoms with Crippen LogP contribution in [0, 0.1) is 10.7 Å². The largest absolute Gasteiger partial charge is 0.497 e. The van der Waals surface area contributed by atoms with Crippen LogP contribution in [-0.4, -0.2) is 19.3 Å². The number of hydrogen-bond donors (Lipinski definition) is 5. The van der Waals surface area contributed by atoms with Gasteiger partial charge in [-0.05, 0) is 72.5 Å². The normalized spacial score (nSPS) is 8.23. The molecule has 2 aromatic rings. The standard InChI is InChI=1S/C8H11N3OS.C8H7NOS.2H3N/c1-12-7-4-2-6(3-5-7)10-8(13)11-9;1-10-7-2-4-8(5-3-7)11-6-9;;/h2-5H,9H2,1H3,(H2,10,11,13);2-5H,1H3;2*1H3. The van der Waals surface area contributed by atoms with E-state index < -0.39 is 0 Å². The Bertz CT molecular complexity index is 675. The highest BCUT2D eigenvalue weighted by atomic mass is 32.2. The molecule has 10 heteroatoms. The number of thiocarbonyl (C=S) groups is 1. The highest BCUT2D eigenvalue weighted by Gasteiger charge is 1.95. The number of nitrogens with two attached hydrogens (primary N) is 1. The van der Waals surface area contributed by atoms with Crippen LogP contribution in [0.2, 0.25) is 0 Å². The average Bonchev–Trinajstić information content (AvgIpc) is 2.63. The molecule has 0 aliphatic carbocycles. The van der Waals surface area contributed by atoms with Gasteiger partial charge >= 0.3 is 0 Å². The Morgan fingerprint density at radius 2 is 1.46 bits per heavy atom. The number of benzene rings is 2. The van der Waals surface area contributed by atoms with E-state index in [-0.39, 0.29) is 12.3 Å². The zero-order chi connectivity index (χ0) is 17.8. The predicted octanol–water partition coefficient (Wildman–Crippen LogP) is 3.45. The SMILES string of the molecule is COc1ccc(NC(=S)NN)cc1.COc1ccc(SC#N)cc1.N.N. The maximum atomic E-state index is 8.33. The Kier molecular flexibility index (Phi) is 14.6. The molecule has 10 N–H and O–H groups in total. The third kappa shape index (κ3) is 9.67. The van der Waals surface area contributed by atoms with Gasteiger partial charge in [-0.25, -0.2) is 5.84 Å². The summed E-state index contributed by atoms with van der Waals surface area (Å²) in [6.45, 7) is 0. The topological polar surface area (TPSA) is 162 Å². The number of ether oxygens (including phenoxy) is 2. The number of rotatable bonds is 4. The molecule has 26 heavy (non-hydrogen) atoms. The monoisotopic (exact) mass is 396 g/mol. The minimum atomic E-state index is 0. The molecule has 0 bridgehead atoms. The van der Waals surface area contributed by atoms with Gasteiger partial charge in [-0.1, -0.05) is 0 Å². The van der Waals surface area contributed by atoms with E-state index in [0.29, 0.717) is 5.11 Å². The number of hydrazine groups is 1. The first kappa shape index (κ1) is 25.7. The van der Waals surface area contributed by atoms with E-state index in [1.165, 1.54) is 0 Å². The van der Waals surface area contributed by atoms with Gasteiger partial charge in [0.1, 0.15) is 16.9 Å². The number of thiocyanates is 1. The van der Waals surface area contributed by atoms with Crippen molar-refractivity contribution in [2.45, 2.75) is 4.90 Å². The van der Waals surface area contributed by atoms with Crippen LogP contribution in [-0.2, 0) is 0 Å². The van der Waals surface area contributed by atoms with Gasteiger partial charge in [0.05, 0.1) is 14.2 Å². The van der Waals surface area contributed by atoms with Crippen LogP contribution in [0.1, 0.15) is 0 Å². The molecule has 8 nitrogen and oxygen atoms in total. The molecule has 0 amide bonds. The number of nitriles is 1. The Hall–Kier alpha value is -2.55. The molecule has 0 saturated carbocycles. The first-order chi connectivity index (χ1) is 11.6. The van der Waals surface area contributed by atoms with Gasteiger partial charge in [0.2, 0.25) is 0 Å². The molecular weight excluding hydrogens is 372 g/mol. The fourth-order valence-corrected chi connectivity index (χ4v) is 2.03. The van der Waals surface area contributed by atoms with Gasteiger partial charge < -0.3 is 32.5 Å². The number of anilines is 1. The van der Waals surface area contributed by atoms with Crippen molar-refractivity contribution in [3.8, 4) is 16.9 Å². The fraction of sp³-hybridized carbons (Fsp3) is 0.125. The lowest BCUT2D eigenvalue weighted by atomic mass is 10.3. The van der Waals surface area contributed by atoms with E-state index >= 15 is 0 Å². The van der Waals surface area contributed by atoms with Gasteiger partial charge in [0, 0.05) is 10.6 Å². The first-order valence-electron chi connectivity index (χ1n) is 6.74. The number of thioether (sulfide) groups is 1. The van der Waals surface area contributed by atoms with Crippen molar-refractivity contribution >= 4 is 34.8 Å². The zero-order valence-corrected chi connectivity index (χ0v) is 16.3. The highest BCUT2D eigenvalue weighted by Crippen LogP contribution is 2.19. The molecule has 0 aliphatic rings. The Morgan fingerprint density at radius 3 is 1.85 bits per heavy atom. The number of methoxy groups -OCH3 is 2. The maximum absolute atomic E-state index is 8.33. The van der Waals surface area contributed by atoms with Crippen molar-refractivity contribution in [1.82, 2.24) is 17.7 Å². The van der Waals surface area contributed by atoms with E-state index in [0.717, 1.165) is 33.8 Å². The lowest BCUT2D eigenvalue weighted by Gasteiger charge is -2.06. The van der Waals surface area contributed by atoms with Crippen LogP contribution in [0.15, 0.2) is 53.4 Å². The van der Waals surface area contributed by atoms with E-state index in [1.54, 1.807) is 14.2 Å². The van der Waals surface area contributed by atoms with Gasteiger partial charge in [0.25, 0.3) is 0 Å². The molecule has 0 aromatic heterocycles. The van der Waals surface area contributed by atoms with Crippen molar-refractivity contribution in [2.24, 2.45) is 5.84 Å². The van der Waals surface area contributed by atoms with Gasteiger partial charge in [-0.3, -0.25) is 0 Å². The lowest BCUT2D eigenvalue weighted by Crippen LogP contribution is -2.34. The summed E-state index contributed by atoms with van der Waals surface area (Å²) in [6.07, 6.45) is 0. The molecule has 142 valence electrons. The third-order valence-electron chi connectivity index (χ3n) is 2.70. The van der Waals surface area contributed by atoms with Crippen LogP contribution < -0.4 is 38.4 Å². The minimum Gasteiger partial charge on any atom is -0.497 e. The van der Waals surface area contributed by atoms with Crippen molar-refractivity contribution in [3.05, 3.63) is 48.5 Å². The highest BCUT2D eigenvalue weighted by molar-refractivity contribution is 8.03. The van der Waals surface area contributed by atoms with E-state index in [2.05, 4.69) is 10.7 Å². The molecule has 0 aliphatic heterocycles. The van der Waals surface area contributed by atoms with E-state index in [1.807, 2.05) is 53.9 Å². The van der Waals surface area contributed by atoms with Gasteiger partial charge in [0.15, 0.2) is 5.11 Å². The van der Waals surface area contributed by atoms with Gasteiger partial charge in [-0.15, -0.1) is 0 Å². The third-order valence-corrected chi connectivity index (χ3v) is 3.52. The summed E-state index contributed by atoms with van der Waals surface area (Å²) in [4.78, 5) is 0.938. The summed E-state index contributed by atoms with van der Waals surface area (Å²) in [7, 11) is 3.24. The summed E-state index contributed by atoms with van der Waals surface area (Å²) >= 11 is 5.96. The second-order valence-corrected chi connectivity index (χ2v) is 5.46. The molecule has 0 spiro atoms. The number of hydrogen-bond acceptors (Lipinski definition) is 8. The Morgan fingerprint density at radius 1 is 1.00 bits per heavy atom. The molecule has 2 rings (SSSR count). The molecule has 0 unspecified atom stereocenters. The van der Waals surface area contributed by atoms with E-state index in [9.17, 15) is 0 Å². The smallest absolute Gasteiger partial charge is 0.185 e. The second-order valence-electron chi connectivity index (χ2n) is 4.20. The minimum absolute atomic E-state index is 0. The molecule has 0 atom stereocenters. The fourth-order valence-electron chi connectivity index (χ4n) is 1.54. The average molecular weight is 397 g/mol. The Labute approximate surface area is 163 Å². The predicted molar refractivity (Wildman–Crippen MR) is 111 cm³/mol. The van der Waals surface area contributed by atoms with Crippen molar-refractivity contribution in [2.75, 3.05) is 19.5 Å². The van der Waals surface area contributed by atoms with Crippen LogP contribution in [0.4, 0.5) is 5.69 Å². The number of nitrogens with one attached hydrogen (secondary N) is 2. The lowest BCUT2D eigenvalue weighted by molar-refractivity contribution is 0.414. The van der Waals surface area contributed by atoms with Gasteiger partial charge in [-0.2, -0.15) is 5.26 Å². The van der Waals surface area contributed by atoms with Crippen molar-refractivity contribution in [1.29, 1.82) is 5.26 Å². The molecule has 0 radical (unpaired) electrons. The first-order valence-corrected chi connectivity index (χ1v) is 7.97. The number of nitrogens with zero attached hydrogens (tertiary/aromatic N) is 1. The van der Waals surface area contributed by atoms with Crippen LogP contribution >= 0.6 is 24.0 Å². The van der Waals surface area contributed by atoms with Crippen LogP contribution in [0.3, 0.4) is 0 Å². The molecule has 0 heterocycles. The maximum Gasteiger partial charge on any atom is 0.185 e. The molecular formula is C16H24N6O2S2. The molecule has 0 saturated heterocycles. The summed E-state index contributed by atoms with van der Waals surface area (Å²) in [5.74, 6) is 6.71. The zero-order valence-electron chi connectivity index (χ0n) is 14.7. The van der Waals surface area contributed by atoms with Crippen LogP contribution in [0.5, 0.6) is 11.5 Å². The quantitative estimate of drug-likeness (QED) is 0.170. The summed E-state index contributed by atoms with van der Waals surface area (Å²) < 4.78 is 9.95. The Balaban J connectivity index is 0. The summed E-state index contributed by atoms with van der Waals surface area (Å²) in [6, 6.07) is 14.7. The summed E-state index contributed by atoms with van der Waals surface area (Å²) in [5, 5.41) is 13.6. The van der Waals surface area contributed by atoms with Crippen molar-refractivity contribution in [3.63, 3.8) is 0 Å². The van der Waals surface area contributed by atoms with Crippen LogP contribution in [0.25, 0.3) is 0 Å². The van der Waals surface area contributed by atoms with E-state index in [4.69, 9.17) is 32.8 Å². The molecule has 2 aromatic carbocycles. The molecule has 0 fully saturated rings.